The van der Waals surface area contributed by atoms with Gasteiger partial charge in [0.25, 0.3) is 0 Å². The van der Waals surface area contributed by atoms with Gasteiger partial charge in [0.15, 0.2) is 0 Å². The topological polar surface area (TPSA) is 35.5 Å². The van der Waals surface area contributed by atoms with Crippen molar-refractivity contribution in [2.45, 2.75) is 27.7 Å². The molecule has 0 atom stereocenters. The van der Waals surface area contributed by atoms with Crippen molar-refractivity contribution >= 4 is 5.97 Å². The summed E-state index contributed by atoms with van der Waals surface area (Å²) in [4.78, 5) is 10.0. The van der Waals surface area contributed by atoms with Gasteiger partial charge in [-0.1, -0.05) is 18.2 Å². The minimum Gasteiger partial charge on any atom is -0.463 e. The van der Waals surface area contributed by atoms with E-state index < -0.39 is 0 Å². The number of carbonyl (C=O) groups excluding carboxylic acids is 1. The van der Waals surface area contributed by atoms with Gasteiger partial charge in [-0.2, -0.15) is 0 Å². The number of rotatable bonds is 3. The van der Waals surface area contributed by atoms with Crippen LogP contribution in [0.15, 0.2) is 38.0 Å². The molecule has 0 heterocycles. The summed E-state index contributed by atoms with van der Waals surface area (Å²) >= 11 is 0. The second-order valence-electron chi connectivity index (χ2n) is 2.56. The number of carbonyl (C=O) groups is 1. The largest absolute Gasteiger partial charge is 0.463 e. The molecular weight excluding hydrogens is 216 g/mol. The van der Waals surface area contributed by atoms with Crippen molar-refractivity contribution in [1.29, 1.82) is 0 Å². The summed E-state index contributed by atoms with van der Waals surface area (Å²) in [6.07, 6.45) is 5.25. The van der Waals surface area contributed by atoms with Crippen LogP contribution in [0.25, 0.3) is 0 Å². The Balaban J connectivity index is -0.0000000784. The van der Waals surface area contributed by atoms with Crippen LogP contribution in [0.3, 0.4) is 0 Å². The van der Waals surface area contributed by atoms with Crippen LogP contribution < -0.4 is 0 Å². The first-order chi connectivity index (χ1) is 8.01. The normalized spacial score (nSPS) is 6.41. The lowest BCUT2D eigenvalue weighted by atomic mass is 10.7. The highest BCUT2D eigenvalue weighted by atomic mass is 16.6. The molecule has 0 aromatic carbocycles. The van der Waals surface area contributed by atoms with Gasteiger partial charge in [-0.25, -0.2) is 0 Å². The predicted molar refractivity (Wildman–Crippen MR) is 76.1 cm³/mol. The fourth-order valence-electron chi connectivity index (χ4n) is 0.269. The number of methoxy groups -OCH3 is 1. The first kappa shape index (κ1) is 24.7. The third-order valence-electron chi connectivity index (χ3n) is 0.593. The van der Waals surface area contributed by atoms with Gasteiger partial charge in [0.2, 0.25) is 0 Å². The van der Waals surface area contributed by atoms with Gasteiger partial charge >= 0.3 is 5.97 Å². The fourth-order valence-corrected chi connectivity index (χ4v) is 0.269. The fraction of sp³-hybridized carbons (Fsp3) is 0.500. The number of ether oxygens (including phenoxy) is 2. The van der Waals surface area contributed by atoms with Gasteiger partial charge in [-0.05, 0) is 20.8 Å². The maximum Gasteiger partial charge on any atom is 0.302 e. The quantitative estimate of drug-likeness (QED) is 0.430. The maximum atomic E-state index is 10.0. The predicted octanol–water partition coefficient (Wildman–Crippen LogP) is 3.77. The van der Waals surface area contributed by atoms with Crippen molar-refractivity contribution < 1.29 is 14.3 Å². The molecule has 0 aliphatic heterocycles. The van der Waals surface area contributed by atoms with E-state index >= 15 is 0 Å². The summed E-state index contributed by atoms with van der Waals surface area (Å²) in [5, 5.41) is 0. The van der Waals surface area contributed by atoms with Crippen molar-refractivity contribution in [3.05, 3.63) is 38.0 Å². The van der Waals surface area contributed by atoms with Crippen LogP contribution in [0.5, 0.6) is 0 Å². The Kier molecular flexibility index (Phi) is 53.1. The molecule has 0 saturated heterocycles. The summed E-state index contributed by atoms with van der Waals surface area (Å²) in [7, 11) is 1.56. The molecule has 0 aromatic rings. The number of allylic oxidation sites excluding steroid dienone is 3. The third kappa shape index (κ3) is 176. The molecular formula is C14H28O3. The van der Waals surface area contributed by atoms with Crippen LogP contribution >= 0.6 is 0 Å². The highest BCUT2D eigenvalue weighted by Gasteiger charge is 1.88. The molecule has 0 saturated carbocycles. The van der Waals surface area contributed by atoms with Crippen LogP contribution in [0.1, 0.15) is 27.7 Å². The zero-order valence-electron chi connectivity index (χ0n) is 12.0. The van der Waals surface area contributed by atoms with Gasteiger partial charge < -0.3 is 9.47 Å². The Labute approximate surface area is 107 Å². The van der Waals surface area contributed by atoms with E-state index in [9.17, 15) is 4.79 Å². The summed E-state index contributed by atoms with van der Waals surface area (Å²) in [5.41, 5.74) is 0. The summed E-state index contributed by atoms with van der Waals surface area (Å²) in [6.45, 7) is 17.9. The van der Waals surface area contributed by atoms with Crippen LogP contribution in [0, 0.1) is 0 Å². The maximum absolute atomic E-state index is 10.0. The molecule has 3 heteroatoms. The van der Waals surface area contributed by atoms with E-state index in [4.69, 9.17) is 0 Å². The van der Waals surface area contributed by atoms with Crippen LogP contribution in [0.2, 0.25) is 0 Å². The molecule has 0 bridgehead atoms. The van der Waals surface area contributed by atoms with Gasteiger partial charge in [0.05, 0.1) is 6.61 Å². The van der Waals surface area contributed by atoms with Crippen molar-refractivity contribution in [1.82, 2.24) is 0 Å². The Morgan fingerprint density at radius 3 is 1.47 bits per heavy atom. The Bertz CT molecular complexity index is 149. The van der Waals surface area contributed by atoms with Crippen molar-refractivity contribution in [3.63, 3.8) is 0 Å². The minimum absolute atomic E-state index is 0.262. The lowest BCUT2D eigenvalue weighted by Gasteiger charge is -1.97. The van der Waals surface area contributed by atoms with Crippen molar-refractivity contribution in [2.24, 2.45) is 0 Å². The van der Waals surface area contributed by atoms with Gasteiger partial charge in [-0.3, -0.25) is 4.79 Å². The van der Waals surface area contributed by atoms with E-state index in [0.717, 1.165) is 0 Å². The average Bonchev–Trinajstić information content (AvgIpc) is 2.21. The summed E-state index contributed by atoms with van der Waals surface area (Å²) in [6, 6.07) is 0. The summed E-state index contributed by atoms with van der Waals surface area (Å²) < 4.78 is 9.13. The van der Waals surface area contributed by atoms with Crippen LogP contribution in [0.4, 0.5) is 0 Å². The molecule has 0 rings (SSSR count). The number of esters is 1. The third-order valence-corrected chi connectivity index (χ3v) is 0.593. The molecule has 0 radical (unpaired) electrons. The molecule has 102 valence electrons. The molecule has 0 aliphatic rings. The SMILES string of the molecule is C=CC.C=CC.C=CC.COCCOC(C)=O. The highest BCUT2D eigenvalue weighted by molar-refractivity contribution is 5.65. The Morgan fingerprint density at radius 2 is 1.29 bits per heavy atom. The number of hydrogen-bond acceptors (Lipinski definition) is 3. The second-order valence-corrected chi connectivity index (χ2v) is 2.56. The van der Waals surface area contributed by atoms with E-state index in [1.54, 1.807) is 25.3 Å². The zero-order valence-corrected chi connectivity index (χ0v) is 12.0. The molecule has 0 N–H and O–H groups in total. The van der Waals surface area contributed by atoms with Crippen LogP contribution in [-0.2, 0) is 14.3 Å². The average molecular weight is 244 g/mol. The smallest absolute Gasteiger partial charge is 0.302 e. The molecule has 0 amide bonds. The molecule has 0 aromatic heterocycles. The molecule has 0 aliphatic carbocycles. The van der Waals surface area contributed by atoms with Gasteiger partial charge in [0, 0.05) is 14.0 Å². The molecule has 0 fully saturated rings. The van der Waals surface area contributed by atoms with Gasteiger partial charge in [-0.15, -0.1) is 19.7 Å². The van der Waals surface area contributed by atoms with E-state index in [-0.39, 0.29) is 5.97 Å². The standard InChI is InChI=1S/C5H10O3.3C3H6/c1-5(6)8-4-3-7-2;3*1-3-2/h3-4H2,1-2H3;3*3H,1H2,2H3. The zero-order chi connectivity index (χ0) is 14.5. The Morgan fingerprint density at radius 1 is 1.00 bits per heavy atom. The Hall–Kier alpha value is -1.35. The number of hydrogen-bond donors (Lipinski definition) is 0. The van der Waals surface area contributed by atoms with Gasteiger partial charge in [0.1, 0.15) is 6.61 Å². The van der Waals surface area contributed by atoms with E-state index in [1.807, 2.05) is 20.8 Å². The second kappa shape index (κ2) is 36.5. The molecule has 0 unspecified atom stereocenters. The van der Waals surface area contributed by atoms with E-state index in [2.05, 4.69) is 29.2 Å². The van der Waals surface area contributed by atoms with Crippen molar-refractivity contribution in [3.8, 4) is 0 Å². The lowest BCUT2D eigenvalue weighted by Crippen LogP contribution is -2.05. The first-order valence-corrected chi connectivity index (χ1v) is 5.35. The first-order valence-electron chi connectivity index (χ1n) is 5.35. The summed E-state index contributed by atoms with van der Waals surface area (Å²) in [5.74, 6) is -0.262. The monoisotopic (exact) mass is 244 g/mol. The molecule has 0 spiro atoms. The molecule has 17 heavy (non-hydrogen) atoms. The lowest BCUT2D eigenvalue weighted by molar-refractivity contribution is -0.142. The van der Waals surface area contributed by atoms with Crippen LogP contribution in [-0.4, -0.2) is 26.3 Å². The minimum atomic E-state index is -0.262. The molecule has 3 nitrogen and oxygen atoms in total. The van der Waals surface area contributed by atoms with E-state index in [0.29, 0.717) is 13.2 Å². The van der Waals surface area contributed by atoms with Crippen molar-refractivity contribution in [2.75, 3.05) is 20.3 Å². The highest BCUT2D eigenvalue weighted by Crippen LogP contribution is 1.74. The van der Waals surface area contributed by atoms with E-state index in [1.165, 1.54) is 6.92 Å².